The molecular formula is C48H34N4O. The molecule has 53 heavy (non-hydrogen) atoms. The Morgan fingerprint density at radius 2 is 1.00 bits per heavy atom. The highest BCUT2D eigenvalue weighted by Crippen LogP contribution is 2.63. The maximum absolute atomic E-state index is 6.64. The number of hydrogen-bond acceptors (Lipinski definition) is 5. The summed E-state index contributed by atoms with van der Waals surface area (Å²) in [4.78, 5) is 20.3. The molecule has 8 aromatic rings. The highest BCUT2D eigenvalue weighted by atomic mass is 16.5. The molecule has 0 N–H and O–H groups in total. The lowest BCUT2D eigenvalue weighted by molar-refractivity contribution is 0.436. The molecule has 1 aliphatic carbocycles. The first-order valence-corrected chi connectivity index (χ1v) is 18.0. The van der Waals surface area contributed by atoms with E-state index in [0.29, 0.717) is 17.5 Å². The van der Waals surface area contributed by atoms with Gasteiger partial charge in [-0.2, -0.15) is 0 Å². The van der Waals surface area contributed by atoms with Crippen molar-refractivity contribution in [2.45, 2.75) is 26.2 Å². The van der Waals surface area contributed by atoms with Crippen LogP contribution in [0.4, 0.5) is 0 Å². The molecule has 252 valence electrons. The Hall–Kier alpha value is -6.72. The van der Waals surface area contributed by atoms with E-state index in [-0.39, 0.29) is 0 Å². The molecule has 0 atom stereocenters. The van der Waals surface area contributed by atoms with Crippen LogP contribution in [0, 0.1) is 20.8 Å². The van der Waals surface area contributed by atoms with Crippen LogP contribution < -0.4 is 4.74 Å². The van der Waals surface area contributed by atoms with Crippen molar-refractivity contribution < 1.29 is 4.74 Å². The van der Waals surface area contributed by atoms with Gasteiger partial charge >= 0.3 is 0 Å². The van der Waals surface area contributed by atoms with Gasteiger partial charge in [0.1, 0.15) is 17.3 Å². The Morgan fingerprint density at radius 1 is 0.415 bits per heavy atom. The predicted molar refractivity (Wildman–Crippen MR) is 211 cm³/mol. The number of rotatable bonds is 4. The van der Waals surface area contributed by atoms with Crippen LogP contribution in [0.25, 0.3) is 56.2 Å². The van der Waals surface area contributed by atoms with Crippen LogP contribution in [-0.4, -0.2) is 19.9 Å². The third-order valence-corrected chi connectivity index (χ3v) is 10.7. The molecule has 2 aliphatic rings. The van der Waals surface area contributed by atoms with E-state index in [0.717, 1.165) is 78.5 Å². The molecular weight excluding hydrogens is 649 g/mol. The molecule has 0 unspecified atom stereocenters. The maximum atomic E-state index is 6.64. The Labute approximate surface area is 308 Å². The van der Waals surface area contributed by atoms with E-state index >= 15 is 0 Å². The molecule has 1 aliphatic heterocycles. The zero-order chi connectivity index (χ0) is 35.7. The van der Waals surface area contributed by atoms with Gasteiger partial charge in [-0.05, 0) is 90.0 Å². The van der Waals surface area contributed by atoms with Gasteiger partial charge in [0.05, 0.1) is 5.41 Å². The van der Waals surface area contributed by atoms with Crippen LogP contribution in [0.15, 0.2) is 152 Å². The fourth-order valence-corrected chi connectivity index (χ4v) is 8.57. The van der Waals surface area contributed by atoms with E-state index in [9.17, 15) is 0 Å². The zero-order valence-electron chi connectivity index (χ0n) is 29.6. The molecule has 5 heteroatoms. The summed E-state index contributed by atoms with van der Waals surface area (Å²) < 4.78 is 6.64. The van der Waals surface area contributed by atoms with E-state index in [1.807, 2.05) is 38.1 Å². The van der Waals surface area contributed by atoms with Crippen LogP contribution in [-0.2, 0) is 5.41 Å². The topological polar surface area (TPSA) is 60.8 Å². The molecule has 6 aromatic carbocycles. The van der Waals surface area contributed by atoms with Gasteiger partial charge in [0.15, 0.2) is 11.6 Å². The summed E-state index contributed by atoms with van der Waals surface area (Å²) in [6.07, 6.45) is 0. The summed E-state index contributed by atoms with van der Waals surface area (Å²) in [6, 6.07) is 53.4. The Morgan fingerprint density at radius 3 is 1.70 bits per heavy atom. The average molecular weight is 683 g/mol. The molecule has 3 heterocycles. The van der Waals surface area contributed by atoms with Crippen molar-refractivity contribution >= 4 is 0 Å². The van der Waals surface area contributed by atoms with Crippen molar-refractivity contribution in [3.05, 3.63) is 191 Å². The van der Waals surface area contributed by atoms with E-state index in [1.54, 1.807) is 0 Å². The third kappa shape index (κ3) is 4.70. The van der Waals surface area contributed by atoms with Crippen molar-refractivity contribution in [3.63, 3.8) is 0 Å². The van der Waals surface area contributed by atoms with Gasteiger partial charge < -0.3 is 4.74 Å². The maximum Gasteiger partial charge on any atom is 0.164 e. The fraction of sp³-hybridized carbons (Fsp3) is 0.0833. The van der Waals surface area contributed by atoms with Crippen molar-refractivity contribution in [2.75, 3.05) is 0 Å². The van der Waals surface area contributed by atoms with Crippen LogP contribution in [0.3, 0.4) is 0 Å². The molecule has 5 nitrogen and oxygen atoms in total. The third-order valence-electron chi connectivity index (χ3n) is 10.7. The van der Waals surface area contributed by atoms with Gasteiger partial charge in [-0.1, -0.05) is 121 Å². The van der Waals surface area contributed by atoms with Crippen LogP contribution in [0.1, 0.15) is 39.5 Å². The lowest BCUT2D eigenvalue weighted by Crippen LogP contribution is -2.32. The second kappa shape index (κ2) is 11.9. The van der Waals surface area contributed by atoms with Crippen LogP contribution in [0.5, 0.6) is 11.5 Å². The van der Waals surface area contributed by atoms with Crippen molar-refractivity contribution in [1.29, 1.82) is 0 Å². The number of fused-ring (bicyclic) bond motifs is 9. The van der Waals surface area contributed by atoms with Crippen molar-refractivity contribution in [2.24, 2.45) is 0 Å². The molecule has 0 bridgehead atoms. The van der Waals surface area contributed by atoms with E-state index in [1.165, 1.54) is 11.1 Å². The van der Waals surface area contributed by atoms with E-state index < -0.39 is 5.41 Å². The minimum atomic E-state index is -0.654. The number of nitrogens with zero attached hydrogens (tertiary/aromatic N) is 4. The zero-order valence-corrected chi connectivity index (χ0v) is 29.6. The second-order valence-electron chi connectivity index (χ2n) is 13.9. The first-order chi connectivity index (χ1) is 26.0. The van der Waals surface area contributed by atoms with Crippen LogP contribution in [0.2, 0.25) is 0 Å². The second-order valence-corrected chi connectivity index (χ2v) is 13.9. The summed E-state index contributed by atoms with van der Waals surface area (Å²) in [7, 11) is 0. The Balaban J connectivity index is 1.32. The molecule has 2 aromatic heterocycles. The first-order valence-electron chi connectivity index (χ1n) is 18.0. The lowest BCUT2D eigenvalue weighted by Gasteiger charge is -2.39. The quantitative estimate of drug-likeness (QED) is 0.185. The predicted octanol–water partition coefficient (Wildman–Crippen LogP) is 11.3. The number of benzene rings is 6. The molecule has 10 rings (SSSR count). The number of aromatic nitrogens is 4. The van der Waals surface area contributed by atoms with E-state index in [2.05, 4.69) is 134 Å². The number of pyridine rings is 1. The fourth-order valence-electron chi connectivity index (χ4n) is 8.57. The monoisotopic (exact) mass is 682 g/mol. The summed E-state index contributed by atoms with van der Waals surface area (Å²) in [6.45, 7) is 6.08. The minimum absolute atomic E-state index is 0.631. The van der Waals surface area contributed by atoms with E-state index in [4.69, 9.17) is 24.7 Å². The summed E-state index contributed by atoms with van der Waals surface area (Å²) in [5, 5.41) is 0. The molecule has 0 saturated heterocycles. The summed E-state index contributed by atoms with van der Waals surface area (Å²) >= 11 is 0. The number of aryl methyl sites for hydroxylation is 3. The number of hydrogen-bond donors (Lipinski definition) is 0. The van der Waals surface area contributed by atoms with Gasteiger partial charge in [0, 0.05) is 39.2 Å². The highest BCUT2D eigenvalue weighted by molar-refractivity contribution is 5.98. The molecule has 1 spiro atoms. The molecule has 0 saturated carbocycles. The van der Waals surface area contributed by atoms with Crippen molar-refractivity contribution in [1.82, 2.24) is 19.9 Å². The van der Waals surface area contributed by atoms with Crippen molar-refractivity contribution in [3.8, 4) is 67.7 Å². The Bertz CT molecular complexity index is 2710. The van der Waals surface area contributed by atoms with Gasteiger partial charge in [0.25, 0.3) is 0 Å². The van der Waals surface area contributed by atoms with Gasteiger partial charge in [-0.25, -0.2) is 15.0 Å². The van der Waals surface area contributed by atoms with Crippen LogP contribution >= 0.6 is 0 Å². The number of ether oxygens (including phenoxy) is 1. The highest BCUT2D eigenvalue weighted by Gasteiger charge is 2.52. The normalized spacial score (nSPS) is 13.1. The average Bonchev–Trinajstić information content (AvgIpc) is 3.48. The number of para-hydroxylation sites is 2. The standard InChI is InChI=1S/C48H34N4O/c1-29-25-26-34(30(2)49-29)33-27-38(47-51-31(3)50-46(52-47)36-18-8-7-17-35(36)32-15-5-4-6-16-32)45-37-19-9-10-20-39(37)48(42(45)28-33)40-21-11-13-23-43(40)53-44-24-14-12-22-41(44)48/h4-28H,1-3H3. The molecule has 0 amide bonds. The van der Waals surface area contributed by atoms with Gasteiger partial charge in [-0.15, -0.1) is 0 Å². The van der Waals surface area contributed by atoms with Gasteiger partial charge in [-0.3, -0.25) is 4.98 Å². The first kappa shape index (κ1) is 31.1. The summed E-state index contributed by atoms with van der Waals surface area (Å²) in [5.74, 6) is 3.63. The largest absolute Gasteiger partial charge is 0.457 e. The molecule has 0 fully saturated rings. The smallest absolute Gasteiger partial charge is 0.164 e. The minimum Gasteiger partial charge on any atom is -0.457 e. The van der Waals surface area contributed by atoms with Gasteiger partial charge in [0.2, 0.25) is 0 Å². The Kier molecular flexibility index (Phi) is 6.99. The SMILES string of the molecule is Cc1ccc(-c2cc(-c3nc(C)nc(-c4ccccc4-c4ccccc4)n3)c3c(c2)C2(c4ccccc4Oc4ccccc42)c2ccccc2-3)c(C)n1. The lowest BCUT2D eigenvalue weighted by atomic mass is 9.65. The summed E-state index contributed by atoms with van der Waals surface area (Å²) in [5.41, 5.74) is 14.4. The molecule has 0 radical (unpaired) electrons.